The van der Waals surface area contributed by atoms with Crippen LogP contribution >= 0.6 is 11.6 Å². The van der Waals surface area contributed by atoms with Gasteiger partial charge in [-0.05, 0) is 43.9 Å². The van der Waals surface area contributed by atoms with Crippen LogP contribution in [-0.2, 0) is 0 Å². The van der Waals surface area contributed by atoms with E-state index in [1.54, 1.807) is 0 Å². The smallest absolute Gasteiger partial charge is 0.0409 e. The Labute approximate surface area is 133 Å². The van der Waals surface area contributed by atoms with Crippen molar-refractivity contribution in [2.75, 3.05) is 13.1 Å². The van der Waals surface area contributed by atoms with E-state index in [9.17, 15) is 0 Å². The third-order valence-electron chi connectivity index (χ3n) is 5.53. The van der Waals surface area contributed by atoms with Crippen LogP contribution in [0, 0.1) is 0 Å². The summed E-state index contributed by atoms with van der Waals surface area (Å²) in [6.07, 6.45) is 6.63. The fourth-order valence-electron chi connectivity index (χ4n) is 4.16. The number of hydrogen-bond donors (Lipinski definition) is 1. The van der Waals surface area contributed by atoms with E-state index in [-0.39, 0.29) is 0 Å². The van der Waals surface area contributed by atoms with Crippen molar-refractivity contribution < 1.29 is 0 Å². The molecule has 3 rings (SSSR count). The molecule has 0 aromatic heterocycles. The molecular weight excluding hydrogens is 280 g/mol. The average Bonchev–Trinajstić information content (AvgIpc) is 2.94. The number of rotatable bonds is 3. The van der Waals surface area contributed by atoms with Crippen molar-refractivity contribution in [2.24, 2.45) is 0 Å². The number of benzene rings is 1. The second-order valence-corrected chi connectivity index (χ2v) is 7.27. The molecule has 1 aromatic carbocycles. The van der Waals surface area contributed by atoms with Gasteiger partial charge in [-0.1, -0.05) is 43.5 Å². The van der Waals surface area contributed by atoms with Gasteiger partial charge in [0.1, 0.15) is 0 Å². The maximum atomic E-state index is 6.19. The van der Waals surface area contributed by atoms with Crippen molar-refractivity contribution in [3.05, 3.63) is 34.9 Å². The Morgan fingerprint density at radius 1 is 1.38 bits per heavy atom. The van der Waals surface area contributed by atoms with Crippen molar-refractivity contribution in [3.8, 4) is 0 Å². The van der Waals surface area contributed by atoms with Crippen molar-refractivity contribution in [2.45, 2.75) is 63.6 Å². The van der Waals surface area contributed by atoms with Gasteiger partial charge >= 0.3 is 0 Å². The molecule has 1 N–H and O–H groups in total. The lowest BCUT2D eigenvalue weighted by Gasteiger charge is -2.49. The monoisotopic (exact) mass is 306 g/mol. The Bertz CT molecular complexity index is 482. The highest BCUT2D eigenvalue weighted by molar-refractivity contribution is 6.30. The van der Waals surface area contributed by atoms with E-state index in [0.717, 1.165) is 11.6 Å². The molecule has 1 spiro atoms. The van der Waals surface area contributed by atoms with Gasteiger partial charge in [0.05, 0.1) is 0 Å². The van der Waals surface area contributed by atoms with Crippen LogP contribution in [0.5, 0.6) is 0 Å². The van der Waals surface area contributed by atoms with E-state index in [1.165, 1.54) is 44.2 Å². The van der Waals surface area contributed by atoms with E-state index in [0.29, 0.717) is 17.6 Å². The van der Waals surface area contributed by atoms with Crippen molar-refractivity contribution in [3.63, 3.8) is 0 Å². The lowest BCUT2D eigenvalue weighted by Crippen LogP contribution is -2.63. The third-order valence-corrected chi connectivity index (χ3v) is 5.76. The maximum absolute atomic E-state index is 6.19. The first-order valence-corrected chi connectivity index (χ1v) is 8.77. The van der Waals surface area contributed by atoms with Gasteiger partial charge in [0.25, 0.3) is 0 Å². The molecule has 2 nitrogen and oxygen atoms in total. The fourth-order valence-corrected chi connectivity index (χ4v) is 4.36. The normalized spacial score (nSPS) is 27.1. The zero-order valence-electron chi connectivity index (χ0n) is 13.2. The first-order chi connectivity index (χ1) is 10.1. The molecule has 116 valence electrons. The van der Waals surface area contributed by atoms with Gasteiger partial charge in [0.15, 0.2) is 0 Å². The molecule has 1 aromatic rings. The molecule has 1 aliphatic carbocycles. The number of nitrogens with zero attached hydrogens (tertiary/aromatic N) is 1. The summed E-state index contributed by atoms with van der Waals surface area (Å²) < 4.78 is 0. The summed E-state index contributed by atoms with van der Waals surface area (Å²) in [4.78, 5) is 2.72. The Hall–Kier alpha value is -0.570. The molecule has 1 saturated carbocycles. The zero-order valence-corrected chi connectivity index (χ0v) is 14.0. The molecule has 0 radical (unpaired) electrons. The molecule has 1 heterocycles. The largest absolute Gasteiger partial charge is 0.308 e. The summed E-state index contributed by atoms with van der Waals surface area (Å²) in [5.41, 5.74) is 1.72. The zero-order chi connectivity index (χ0) is 14.9. The van der Waals surface area contributed by atoms with Crippen LogP contribution in [0.4, 0.5) is 0 Å². The van der Waals surface area contributed by atoms with Crippen molar-refractivity contribution >= 4 is 11.6 Å². The van der Waals surface area contributed by atoms with Gasteiger partial charge in [-0.15, -0.1) is 0 Å². The average molecular weight is 307 g/mol. The Balaban J connectivity index is 1.82. The highest BCUT2D eigenvalue weighted by atomic mass is 35.5. The quantitative estimate of drug-likeness (QED) is 0.890. The minimum absolute atomic E-state index is 0.374. The van der Waals surface area contributed by atoms with Crippen LogP contribution in [0.2, 0.25) is 5.02 Å². The first-order valence-electron chi connectivity index (χ1n) is 8.40. The summed E-state index contributed by atoms with van der Waals surface area (Å²) in [5, 5.41) is 4.72. The molecule has 3 heteroatoms. The number of halogens is 1. The molecule has 2 atom stereocenters. The maximum Gasteiger partial charge on any atom is 0.0409 e. The summed E-state index contributed by atoms with van der Waals surface area (Å²) in [6, 6.07) is 9.45. The van der Waals surface area contributed by atoms with Crippen LogP contribution in [0.1, 0.15) is 57.6 Å². The van der Waals surface area contributed by atoms with Gasteiger partial charge in [-0.25, -0.2) is 0 Å². The summed E-state index contributed by atoms with van der Waals surface area (Å²) in [7, 11) is 0. The van der Waals surface area contributed by atoms with Crippen molar-refractivity contribution in [1.29, 1.82) is 0 Å². The second-order valence-electron chi connectivity index (χ2n) is 6.83. The Morgan fingerprint density at radius 3 is 2.81 bits per heavy atom. The standard InChI is InChI=1S/C18H27ClN2/c1-3-17-12-20-18(9-4-5-10-18)13-21(17)14(2)15-7-6-8-16(19)11-15/h6-8,11,14,17,20H,3-5,9-10,12-13H2,1-2H3. The summed E-state index contributed by atoms with van der Waals surface area (Å²) in [6.45, 7) is 6.94. The molecule has 1 aliphatic heterocycles. The van der Waals surface area contributed by atoms with Gasteiger partial charge < -0.3 is 5.32 Å². The molecule has 2 unspecified atom stereocenters. The van der Waals surface area contributed by atoms with E-state index in [2.05, 4.69) is 42.3 Å². The first kappa shape index (κ1) is 15.3. The molecule has 0 bridgehead atoms. The topological polar surface area (TPSA) is 15.3 Å². The molecule has 2 aliphatic rings. The molecule has 0 amide bonds. The van der Waals surface area contributed by atoms with E-state index in [4.69, 9.17) is 11.6 Å². The van der Waals surface area contributed by atoms with Gasteiger partial charge in [0, 0.05) is 35.7 Å². The molecule has 21 heavy (non-hydrogen) atoms. The summed E-state index contributed by atoms with van der Waals surface area (Å²) in [5.74, 6) is 0. The van der Waals surface area contributed by atoms with Gasteiger partial charge in [-0.3, -0.25) is 4.90 Å². The number of nitrogens with one attached hydrogen (secondary N) is 1. The van der Waals surface area contributed by atoms with Crippen LogP contribution in [0.25, 0.3) is 0 Å². The predicted molar refractivity (Wildman–Crippen MR) is 89.9 cm³/mol. The van der Waals surface area contributed by atoms with E-state index < -0.39 is 0 Å². The Kier molecular flexibility index (Phi) is 4.58. The molecule has 1 saturated heterocycles. The van der Waals surface area contributed by atoms with Gasteiger partial charge in [0.2, 0.25) is 0 Å². The number of piperazine rings is 1. The second kappa shape index (κ2) is 6.28. The minimum atomic E-state index is 0.374. The summed E-state index contributed by atoms with van der Waals surface area (Å²) >= 11 is 6.19. The predicted octanol–water partition coefficient (Wildman–Crippen LogP) is 4.40. The van der Waals surface area contributed by atoms with Crippen LogP contribution in [0.3, 0.4) is 0 Å². The van der Waals surface area contributed by atoms with Crippen LogP contribution in [-0.4, -0.2) is 29.6 Å². The lowest BCUT2D eigenvalue weighted by atomic mass is 9.89. The molecule has 2 fully saturated rings. The van der Waals surface area contributed by atoms with E-state index >= 15 is 0 Å². The highest BCUT2D eigenvalue weighted by Crippen LogP contribution is 2.37. The van der Waals surface area contributed by atoms with Gasteiger partial charge in [-0.2, -0.15) is 0 Å². The molecular formula is C18H27ClN2. The number of hydrogen-bond acceptors (Lipinski definition) is 2. The highest BCUT2D eigenvalue weighted by Gasteiger charge is 2.42. The fraction of sp³-hybridized carbons (Fsp3) is 0.667. The Morgan fingerprint density at radius 2 is 2.14 bits per heavy atom. The van der Waals surface area contributed by atoms with E-state index in [1.807, 2.05) is 6.07 Å². The lowest BCUT2D eigenvalue weighted by molar-refractivity contribution is 0.0462. The van der Waals surface area contributed by atoms with Crippen LogP contribution < -0.4 is 5.32 Å². The van der Waals surface area contributed by atoms with Crippen LogP contribution in [0.15, 0.2) is 24.3 Å². The third kappa shape index (κ3) is 3.13. The SMILES string of the molecule is CCC1CNC2(CCCC2)CN1C(C)c1cccc(Cl)c1. The minimum Gasteiger partial charge on any atom is -0.308 e. The van der Waals surface area contributed by atoms with Crippen molar-refractivity contribution in [1.82, 2.24) is 10.2 Å².